The van der Waals surface area contributed by atoms with Crippen LogP contribution in [-0.4, -0.2) is 60.0 Å². The van der Waals surface area contributed by atoms with Crippen LogP contribution >= 0.6 is 0 Å². The summed E-state index contributed by atoms with van der Waals surface area (Å²) in [6, 6.07) is 7.12. The van der Waals surface area contributed by atoms with E-state index in [0.717, 1.165) is 38.0 Å². The number of carbonyl (C=O) groups is 2. The Hall–Kier alpha value is -1.88. The Morgan fingerprint density at radius 1 is 1.32 bits per heavy atom. The number of amides is 1. The molecule has 1 amide bonds. The molecule has 1 fully saturated rings. The zero-order chi connectivity index (χ0) is 16.1. The summed E-state index contributed by atoms with van der Waals surface area (Å²) >= 11 is 0. The summed E-state index contributed by atoms with van der Waals surface area (Å²) in [5.41, 5.74) is 1.47. The Morgan fingerprint density at radius 3 is 2.59 bits per heavy atom. The summed E-state index contributed by atoms with van der Waals surface area (Å²) in [7, 11) is 1.83. The lowest BCUT2D eigenvalue weighted by Crippen LogP contribution is -2.42. The summed E-state index contributed by atoms with van der Waals surface area (Å²) < 4.78 is 0. The van der Waals surface area contributed by atoms with E-state index in [1.807, 2.05) is 26.1 Å². The fourth-order valence-electron chi connectivity index (χ4n) is 2.86. The normalized spacial score (nSPS) is 18.9. The molecule has 1 aromatic rings. The van der Waals surface area contributed by atoms with E-state index in [9.17, 15) is 9.59 Å². The fraction of sp³-hybridized carbons (Fsp3) is 0.529. The Kier molecular flexibility index (Phi) is 5.55. The molecular weight excluding hydrogens is 280 g/mol. The lowest BCUT2D eigenvalue weighted by atomic mass is 9.90. The second-order valence-corrected chi connectivity index (χ2v) is 5.91. The molecular formula is C17H24N2O3. The van der Waals surface area contributed by atoms with Gasteiger partial charge in [-0.3, -0.25) is 9.69 Å². The van der Waals surface area contributed by atoms with Crippen LogP contribution in [0.5, 0.6) is 0 Å². The number of aromatic carboxylic acids is 1. The van der Waals surface area contributed by atoms with Crippen LogP contribution in [0.4, 0.5) is 0 Å². The summed E-state index contributed by atoms with van der Waals surface area (Å²) in [5.74, 6) is -0.370. The lowest BCUT2D eigenvalue weighted by molar-refractivity contribution is -0.131. The van der Waals surface area contributed by atoms with Gasteiger partial charge in [0, 0.05) is 20.1 Å². The highest BCUT2D eigenvalue weighted by atomic mass is 16.4. The average molecular weight is 304 g/mol. The largest absolute Gasteiger partial charge is 0.478 e. The van der Waals surface area contributed by atoms with Crippen molar-refractivity contribution in [1.29, 1.82) is 0 Å². The van der Waals surface area contributed by atoms with Gasteiger partial charge in [-0.1, -0.05) is 12.1 Å². The highest BCUT2D eigenvalue weighted by molar-refractivity contribution is 5.87. The van der Waals surface area contributed by atoms with Crippen LogP contribution < -0.4 is 0 Å². The number of likely N-dealkylation sites (N-methyl/N-ethyl adjacent to an activating group) is 1. The maximum absolute atomic E-state index is 12.0. The molecule has 0 spiro atoms. The van der Waals surface area contributed by atoms with Crippen molar-refractivity contribution in [3.8, 4) is 0 Å². The predicted molar refractivity (Wildman–Crippen MR) is 85.1 cm³/mol. The predicted octanol–water partition coefficient (Wildman–Crippen LogP) is 2.04. The van der Waals surface area contributed by atoms with Crippen molar-refractivity contribution in [2.75, 3.05) is 33.2 Å². The van der Waals surface area contributed by atoms with Crippen LogP contribution in [0.1, 0.15) is 41.6 Å². The van der Waals surface area contributed by atoms with Crippen LogP contribution in [0.15, 0.2) is 24.3 Å². The number of carbonyl (C=O) groups excluding carboxylic acids is 1. The van der Waals surface area contributed by atoms with Crippen molar-refractivity contribution >= 4 is 11.9 Å². The third kappa shape index (κ3) is 4.07. The minimum Gasteiger partial charge on any atom is -0.478 e. The van der Waals surface area contributed by atoms with E-state index in [1.165, 1.54) is 0 Å². The zero-order valence-electron chi connectivity index (χ0n) is 13.3. The third-order valence-corrected chi connectivity index (χ3v) is 4.39. The number of hydrogen-bond acceptors (Lipinski definition) is 3. The number of benzene rings is 1. The number of carboxylic acids is 1. The summed E-state index contributed by atoms with van der Waals surface area (Å²) in [6.07, 6.45) is 2.15. The van der Waals surface area contributed by atoms with Gasteiger partial charge in [0.2, 0.25) is 5.91 Å². The van der Waals surface area contributed by atoms with Gasteiger partial charge in [-0.15, -0.1) is 0 Å². The highest BCUT2D eigenvalue weighted by Gasteiger charge is 2.23. The van der Waals surface area contributed by atoms with E-state index in [0.29, 0.717) is 18.0 Å². The van der Waals surface area contributed by atoms with Gasteiger partial charge in [-0.05, 0) is 49.9 Å². The van der Waals surface area contributed by atoms with Gasteiger partial charge >= 0.3 is 5.97 Å². The number of piperidine rings is 1. The molecule has 0 unspecified atom stereocenters. The van der Waals surface area contributed by atoms with Crippen molar-refractivity contribution < 1.29 is 14.7 Å². The van der Waals surface area contributed by atoms with Crippen molar-refractivity contribution in [2.24, 2.45) is 0 Å². The number of rotatable bonds is 5. The molecule has 0 radical (unpaired) electrons. The third-order valence-electron chi connectivity index (χ3n) is 4.39. The SMILES string of the molecule is CCN(C)C(=O)CN1CCC[C@@H](c2ccc(C(=O)O)cc2)C1. The topological polar surface area (TPSA) is 60.9 Å². The molecule has 1 N–H and O–H groups in total. The molecule has 0 aliphatic carbocycles. The molecule has 22 heavy (non-hydrogen) atoms. The van der Waals surface area contributed by atoms with Crippen LogP contribution in [0.2, 0.25) is 0 Å². The van der Waals surface area contributed by atoms with Crippen molar-refractivity contribution in [2.45, 2.75) is 25.7 Å². The molecule has 1 aliphatic rings. The highest BCUT2D eigenvalue weighted by Crippen LogP contribution is 2.27. The first kappa shape index (κ1) is 16.5. The van der Waals surface area contributed by atoms with Gasteiger partial charge in [-0.25, -0.2) is 4.79 Å². The van der Waals surface area contributed by atoms with Crippen LogP contribution in [0, 0.1) is 0 Å². The first-order valence-electron chi connectivity index (χ1n) is 7.80. The molecule has 1 heterocycles. The Morgan fingerprint density at radius 2 is 2.00 bits per heavy atom. The van der Waals surface area contributed by atoms with Gasteiger partial charge in [0.1, 0.15) is 0 Å². The molecule has 0 saturated carbocycles. The quantitative estimate of drug-likeness (QED) is 0.904. The van der Waals surface area contributed by atoms with E-state index >= 15 is 0 Å². The van der Waals surface area contributed by atoms with Crippen LogP contribution in [0.3, 0.4) is 0 Å². The van der Waals surface area contributed by atoms with Crippen LogP contribution in [-0.2, 0) is 4.79 Å². The standard InChI is InChI=1S/C17H24N2O3/c1-3-18(2)16(20)12-19-10-4-5-15(11-19)13-6-8-14(9-7-13)17(21)22/h6-9,15H,3-5,10-12H2,1-2H3,(H,21,22)/t15-/m1/s1. The maximum Gasteiger partial charge on any atom is 0.335 e. The van der Waals surface area contributed by atoms with Gasteiger partial charge in [0.25, 0.3) is 0 Å². The molecule has 0 aromatic heterocycles. The number of carboxylic acid groups (broad SMARTS) is 1. The number of nitrogens with zero attached hydrogens (tertiary/aromatic N) is 2. The Bertz CT molecular complexity index is 527. The molecule has 1 aliphatic heterocycles. The number of hydrogen-bond donors (Lipinski definition) is 1. The fourth-order valence-corrected chi connectivity index (χ4v) is 2.86. The van der Waals surface area contributed by atoms with E-state index in [1.54, 1.807) is 17.0 Å². The average Bonchev–Trinajstić information content (AvgIpc) is 2.54. The van der Waals surface area contributed by atoms with Crippen molar-refractivity contribution in [3.63, 3.8) is 0 Å². The number of likely N-dealkylation sites (tertiary alicyclic amines) is 1. The minimum absolute atomic E-state index is 0.157. The van der Waals surface area contributed by atoms with Crippen molar-refractivity contribution in [1.82, 2.24) is 9.80 Å². The van der Waals surface area contributed by atoms with Crippen molar-refractivity contribution in [3.05, 3.63) is 35.4 Å². The summed E-state index contributed by atoms with van der Waals surface area (Å²) in [6.45, 7) is 4.98. The van der Waals surface area contributed by atoms with E-state index < -0.39 is 5.97 Å². The first-order valence-corrected chi connectivity index (χ1v) is 7.80. The van der Waals surface area contributed by atoms with Gasteiger partial charge in [0.15, 0.2) is 0 Å². The zero-order valence-corrected chi connectivity index (χ0v) is 13.3. The minimum atomic E-state index is -0.898. The van der Waals surface area contributed by atoms with E-state index in [4.69, 9.17) is 5.11 Å². The Balaban J connectivity index is 1.98. The first-order chi connectivity index (χ1) is 10.5. The summed E-state index contributed by atoms with van der Waals surface area (Å²) in [5, 5.41) is 8.95. The van der Waals surface area contributed by atoms with E-state index in [2.05, 4.69) is 4.90 Å². The Labute approximate surface area is 131 Å². The molecule has 1 atom stereocenters. The second kappa shape index (κ2) is 7.40. The molecule has 0 bridgehead atoms. The molecule has 5 heteroatoms. The lowest BCUT2D eigenvalue weighted by Gasteiger charge is -2.33. The molecule has 1 aromatic carbocycles. The smallest absolute Gasteiger partial charge is 0.335 e. The molecule has 1 saturated heterocycles. The van der Waals surface area contributed by atoms with Crippen LogP contribution in [0.25, 0.3) is 0 Å². The molecule has 5 nitrogen and oxygen atoms in total. The van der Waals surface area contributed by atoms with Gasteiger partial charge in [0.05, 0.1) is 12.1 Å². The monoisotopic (exact) mass is 304 g/mol. The second-order valence-electron chi connectivity index (χ2n) is 5.91. The van der Waals surface area contributed by atoms with Gasteiger partial charge < -0.3 is 10.0 Å². The molecule has 120 valence electrons. The summed E-state index contributed by atoms with van der Waals surface area (Å²) in [4.78, 5) is 26.9. The van der Waals surface area contributed by atoms with Gasteiger partial charge in [-0.2, -0.15) is 0 Å². The van der Waals surface area contributed by atoms with E-state index in [-0.39, 0.29) is 5.91 Å². The maximum atomic E-state index is 12.0. The molecule has 2 rings (SSSR count).